The van der Waals surface area contributed by atoms with Crippen molar-refractivity contribution in [2.75, 3.05) is 21.3 Å². The number of rotatable bonds is 4. The third kappa shape index (κ3) is 3.93. The average Bonchev–Trinajstić information content (AvgIpc) is 3.36. The van der Waals surface area contributed by atoms with Crippen molar-refractivity contribution in [3.8, 4) is 0 Å². The SMILES string of the molecule is Cc1cccc(N2C(=O)CS[C@H]2c2ccc([C@@H]3SCC(=O)N3c3cccc(C)c3)cc2)c1. The van der Waals surface area contributed by atoms with Gasteiger partial charge in [0.2, 0.25) is 11.8 Å². The Morgan fingerprint density at radius 1 is 0.656 bits per heavy atom. The average molecular weight is 461 g/mol. The number of hydrogen-bond donors (Lipinski definition) is 0. The predicted molar refractivity (Wildman–Crippen MR) is 134 cm³/mol. The van der Waals surface area contributed by atoms with Gasteiger partial charge in [-0.15, -0.1) is 23.5 Å². The number of aryl methyl sites for hydroxylation is 2. The normalized spacial score (nSPS) is 20.9. The molecule has 3 aromatic carbocycles. The minimum absolute atomic E-state index is 0.0379. The van der Waals surface area contributed by atoms with Crippen LogP contribution in [0.5, 0.6) is 0 Å². The van der Waals surface area contributed by atoms with Crippen LogP contribution in [0.2, 0.25) is 0 Å². The third-order valence-electron chi connectivity index (χ3n) is 5.80. The molecule has 0 N–H and O–H groups in total. The molecule has 0 bridgehead atoms. The Balaban J connectivity index is 1.42. The van der Waals surface area contributed by atoms with Crippen molar-refractivity contribution in [1.82, 2.24) is 0 Å². The zero-order valence-corrected chi connectivity index (χ0v) is 19.7. The zero-order valence-electron chi connectivity index (χ0n) is 18.0. The number of anilines is 2. The van der Waals surface area contributed by atoms with Crippen LogP contribution < -0.4 is 9.80 Å². The highest BCUT2D eigenvalue weighted by atomic mass is 32.2. The molecule has 0 aromatic heterocycles. The lowest BCUT2D eigenvalue weighted by Crippen LogP contribution is -2.28. The van der Waals surface area contributed by atoms with Crippen molar-refractivity contribution in [3.05, 3.63) is 95.1 Å². The Hall–Kier alpha value is -2.70. The zero-order chi connectivity index (χ0) is 22.2. The highest BCUT2D eigenvalue weighted by Gasteiger charge is 2.36. The smallest absolute Gasteiger partial charge is 0.238 e. The number of thioether (sulfide) groups is 2. The summed E-state index contributed by atoms with van der Waals surface area (Å²) in [5.41, 5.74) is 6.36. The van der Waals surface area contributed by atoms with Crippen LogP contribution in [0.1, 0.15) is 33.0 Å². The summed E-state index contributed by atoms with van der Waals surface area (Å²) in [6.07, 6.45) is 0. The van der Waals surface area contributed by atoms with Crippen molar-refractivity contribution in [2.45, 2.75) is 24.6 Å². The Kier molecular flexibility index (Phi) is 5.74. The van der Waals surface area contributed by atoms with Gasteiger partial charge in [0.25, 0.3) is 0 Å². The van der Waals surface area contributed by atoms with Crippen LogP contribution in [0.25, 0.3) is 0 Å². The van der Waals surface area contributed by atoms with Gasteiger partial charge in [-0.05, 0) is 60.4 Å². The van der Waals surface area contributed by atoms with Crippen molar-refractivity contribution in [3.63, 3.8) is 0 Å². The fourth-order valence-corrected chi connectivity index (χ4v) is 6.64. The van der Waals surface area contributed by atoms with Crippen LogP contribution in [0.3, 0.4) is 0 Å². The lowest BCUT2D eigenvalue weighted by atomic mass is 10.1. The summed E-state index contributed by atoms with van der Waals surface area (Å²) >= 11 is 3.31. The van der Waals surface area contributed by atoms with E-state index >= 15 is 0 Å². The molecule has 0 aliphatic carbocycles. The minimum Gasteiger partial charge on any atom is -0.295 e. The van der Waals surface area contributed by atoms with Crippen LogP contribution in [-0.4, -0.2) is 23.3 Å². The number of benzene rings is 3. The van der Waals surface area contributed by atoms with E-state index in [0.717, 1.165) is 33.6 Å². The monoisotopic (exact) mass is 460 g/mol. The first kappa shape index (κ1) is 21.2. The molecule has 2 fully saturated rings. The molecule has 2 heterocycles. The molecule has 4 nitrogen and oxygen atoms in total. The quantitative estimate of drug-likeness (QED) is 0.489. The molecular weight excluding hydrogens is 436 g/mol. The summed E-state index contributed by atoms with van der Waals surface area (Å²) in [6.45, 7) is 4.09. The van der Waals surface area contributed by atoms with Crippen LogP contribution in [0.15, 0.2) is 72.8 Å². The summed E-state index contributed by atoms with van der Waals surface area (Å²) in [5.74, 6) is 1.23. The Labute approximate surface area is 197 Å². The fourth-order valence-electron chi connectivity index (χ4n) is 4.28. The number of carbonyl (C=O) groups is 2. The second-order valence-electron chi connectivity index (χ2n) is 8.20. The summed E-state index contributed by atoms with van der Waals surface area (Å²) < 4.78 is 0. The van der Waals surface area contributed by atoms with E-state index in [-0.39, 0.29) is 22.6 Å². The van der Waals surface area contributed by atoms with E-state index in [9.17, 15) is 9.59 Å². The maximum Gasteiger partial charge on any atom is 0.238 e. The van der Waals surface area contributed by atoms with Gasteiger partial charge in [0.05, 0.1) is 11.5 Å². The van der Waals surface area contributed by atoms with Crippen LogP contribution in [-0.2, 0) is 9.59 Å². The van der Waals surface area contributed by atoms with Gasteiger partial charge in [-0.3, -0.25) is 19.4 Å². The van der Waals surface area contributed by atoms with Gasteiger partial charge in [0.1, 0.15) is 10.7 Å². The molecule has 2 atom stereocenters. The van der Waals surface area contributed by atoms with Crippen molar-refractivity contribution >= 4 is 46.7 Å². The molecule has 0 saturated carbocycles. The molecule has 3 aromatic rings. The predicted octanol–water partition coefficient (Wildman–Crippen LogP) is 5.86. The summed E-state index contributed by atoms with van der Waals surface area (Å²) in [7, 11) is 0. The molecule has 162 valence electrons. The van der Waals surface area contributed by atoms with Crippen LogP contribution >= 0.6 is 23.5 Å². The number of carbonyl (C=O) groups excluding carboxylic acids is 2. The van der Waals surface area contributed by atoms with Crippen molar-refractivity contribution < 1.29 is 9.59 Å². The highest BCUT2D eigenvalue weighted by molar-refractivity contribution is 8.01. The Bertz CT molecular complexity index is 1090. The minimum atomic E-state index is -0.0379. The molecule has 2 amide bonds. The van der Waals surface area contributed by atoms with Gasteiger partial charge < -0.3 is 0 Å². The number of nitrogens with zero attached hydrogens (tertiary/aromatic N) is 2. The number of amides is 2. The molecule has 0 spiro atoms. The third-order valence-corrected chi connectivity index (χ3v) is 8.23. The van der Waals surface area contributed by atoms with Gasteiger partial charge in [-0.1, -0.05) is 48.5 Å². The number of hydrogen-bond acceptors (Lipinski definition) is 4. The molecule has 0 radical (unpaired) electrons. The molecule has 2 aliphatic rings. The van der Waals surface area contributed by atoms with Gasteiger partial charge in [-0.25, -0.2) is 0 Å². The summed E-state index contributed by atoms with van der Waals surface area (Å²) in [6, 6.07) is 24.6. The summed E-state index contributed by atoms with van der Waals surface area (Å²) in [5, 5.41) is -0.0758. The molecule has 0 unspecified atom stereocenters. The topological polar surface area (TPSA) is 40.6 Å². The Morgan fingerprint density at radius 2 is 1.06 bits per heavy atom. The molecular formula is C26H24N2O2S2. The lowest BCUT2D eigenvalue weighted by Gasteiger charge is -2.27. The Morgan fingerprint density at radius 3 is 1.44 bits per heavy atom. The molecule has 32 heavy (non-hydrogen) atoms. The largest absolute Gasteiger partial charge is 0.295 e. The maximum absolute atomic E-state index is 12.7. The van der Waals surface area contributed by atoms with E-state index < -0.39 is 0 Å². The van der Waals surface area contributed by atoms with Gasteiger partial charge >= 0.3 is 0 Å². The van der Waals surface area contributed by atoms with Crippen molar-refractivity contribution in [1.29, 1.82) is 0 Å². The summed E-state index contributed by atoms with van der Waals surface area (Å²) in [4.78, 5) is 29.1. The highest BCUT2D eigenvalue weighted by Crippen LogP contribution is 2.44. The molecule has 6 heteroatoms. The molecule has 2 saturated heterocycles. The second kappa shape index (κ2) is 8.68. The van der Waals surface area contributed by atoms with E-state index in [1.54, 1.807) is 23.5 Å². The van der Waals surface area contributed by atoms with Gasteiger partial charge in [0, 0.05) is 11.4 Å². The van der Waals surface area contributed by atoms with E-state index in [2.05, 4.69) is 36.4 Å². The molecule has 2 aliphatic heterocycles. The first-order valence-electron chi connectivity index (χ1n) is 10.6. The first-order valence-corrected chi connectivity index (χ1v) is 12.7. The molecule has 5 rings (SSSR count). The lowest BCUT2D eigenvalue weighted by molar-refractivity contribution is -0.116. The van der Waals surface area contributed by atoms with Crippen molar-refractivity contribution in [2.24, 2.45) is 0 Å². The van der Waals surface area contributed by atoms with Gasteiger partial charge in [0.15, 0.2) is 0 Å². The van der Waals surface area contributed by atoms with Crippen LogP contribution in [0, 0.1) is 13.8 Å². The van der Waals surface area contributed by atoms with E-state index in [4.69, 9.17) is 0 Å². The fraction of sp³-hybridized carbons (Fsp3) is 0.231. The van der Waals surface area contributed by atoms with E-state index in [0.29, 0.717) is 11.5 Å². The van der Waals surface area contributed by atoms with Gasteiger partial charge in [-0.2, -0.15) is 0 Å². The first-order chi connectivity index (χ1) is 15.5. The second-order valence-corrected chi connectivity index (χ2v) is 10.3. The van der Waals surface area contributed by atoms with E-state index in [1.165, 1.54) is 0 Å². The standard InChI is InChI=1S/C26H24N2O2S2/c1-17-5-3-7-21(13-17)27-23(29)15-31-25(27)19-9-11-20(12-10-19)26-28(24(30)16-32-26)22-8-4-6-18(2)14-22/h3-14,25-26H,15-16H2,1-2H3/t25-,26-/m0/s1. The maximum atomic E-state index is 12.7. The van der Waals surface area contributed by atoms with Crippen LogP contribution in [0.4, 0.5) is 11.4 Å². The van der Waals surface area contributed by atoms with E-state index in [1.807, 2.05) is 60.0 Å².